The molecule has 3 nitrogen and oxygen atoms in total. The highest BCUT2D eigenvalue weighted by Crippen LogP contribution is 2.10. The van der Waals surface area contributed by atoms with Crippen LogP contribution in [0, 0.1) is 18.8 Å². The molecule has 14 heavy (non-hydrogen) atoms. The summed E-state index contributed by atoms with van der Waals surface area (Å²) in [5.74, 6) is 4.32. The van der Waals surface area contributed by atoms with Crippen LogP contribution in [0.2, 0.25) is 5.15 Å². The summed E-state index contributed by atoms with van der Waals surface area (Å²) < 4.78 is 0. The third kappa shape index (κ3) is 3.08. The molecule has 1 rings (SSSR count). The number of aliphatic carboxylic acids is 1. The number of nitrogens with zero attached hydrogens (tertiary/aromatic N) is 1. The summed E-state index contributed by atoms with van der Waals surface area (Å²) in [6, 6.07) is 1.69. The number of aryl methyl sites for hydroxylation is 1. The van der Waals surface area contributed by atoms with Gasteiger partial charge in [0, 0.05) is 11.8 Å². The molecule has 0 aliphatic carbocycles. The summed E-state index contributed by atoms with van der Waals surface area (Å²) in [7, 11) is 0. The monoisotopic (exact) mass is 209 g/mol. The molecule has 0 radical (unpaired) electrons. The van der Waals surface area contributed by atoms with Crippen LogP contribution in [0.3, 0.4) is 0 Å². The molecule has 1 aromatic heterocycles. The van der Waals surface area contributed by atoms with Gasteiger partial charge >= 0.3 is 5.97 Å². The largest absolute Gasteiger partial charge is 0.481 e. The van der Waals surface area contributed by atoms with Gasteiger partial charge < -0.3 is 5.11 Å². The zero-order valence-corrected chi connectivity index (χ0v) is 8.30. The van der Waals surface area contributed by atoms with Crippen molar-refractivity contribution in [2.75, 3.05) is 0 Å². The number of pyridine rings is 1. The number of carboxylic acids is 1. The number of aromatic nitrogens is 1. The van der Waals surface area contributed by atoms with Crippen LogP contribution >= 0.6 is 11.6 Å². The molecule has 0 aromatic carbocycles. The van der Waals surface area contributed by atoms with Crippen molar-refractivity contribution in [1.29, 1.82) is 0 Å². The predicted octanol–water partition coefficient (Wildman–Crippen LogP) is 1.87. The molecule has 1 N–H and O–H groups in total. The fourth-order valence-electron chi connectivity index (χ4n) is 0.868. The standard InChI is InChI=1S/C10H8ClNO2/c1-7-5-9(11)12-6-8(7)3-2-4-10(13)14/h5-6H,4H2,1H3,(H,13,14). The molecule has 4 heteroatoms. The van der Waals surface area contributed by atoms with Gasteiger partial charge in [-0.3, -0.25) is 4.79 Å². The Hall–Kier alpha value is -1.53. The lowest BCUT2D eigenvalue weighted by atomic mass is 10.2. The van der Waals surface area contributed by atoms with E-state index in [4.69, 9.17) is 16.7 Å². The lowest BCUT2D eigenvalue weighted by Gasteiger charge is -1.96. The van der Waals surface area contributed by atoms with E-state index >= 15 is 0 Å². The first-order chi connectivity index (χ1) is 6.59. The van der Waals surface area contributed by atoms with Gasteiger partial charge in [0.15, 0.2) is 0 Å². The molecule has 0 unspecified atom stereocenters. The first-order valence-corrected chi connectivity index (χ1v) is 4.30. The van der Waals surface area contributed by atoms with E-state index in [2.05, 4.69) is 16.8 Å². The maximum Gasteiger partial charge on any atom is 0.315 e. The van der Waals surface area contributed by atoms with Crippen molar-refractivity contribution in [1.82, 2.24) is 4.98 Å². The summed E-state index contributed by atoms with van der Waals surface area (Å²) in [6.07, 6.45) is 1.37. The van der Waals surface area contributed by atoms with Crippen LogP contribution in [0.1, 0.15) is 17.5 Å². The van der Waals surface area contributed by atoms with Crippen LogP contribution in [-0.2, 0) is 4.79 Å². The molecular formula is C10H8ClNO2. The summed E-state index contributed by atoms with van der Waals surface area (Å²) in [6.45, 7) is 1.85. The van der Waals surface area contributed by atoms with Crippen LogP contribution in [-0.4, -0.2) is 16.1 Å². The Morgan fingerprint density at radius 2 is 2.43 bits per heavy atom. The van der Waals surface area contributed by atoms with Gasteiger partial charge in [-0.05, 0) is 18.6 Å². The molecule has 0 aliphatic heterocycles. The topological polar surface area (TPSA) is 50.2 Å². The fourth-order valence-corrected chi connectivity index (χ4v) is 1.08. The minimum atomic E-state index is -0.933. The maximum absolute atomic E-state index is 10.2. The van der Waals surface area contributed by atoms with Gasteiger partial charge in [0.25, 0.3) is 0 Å². The number of halogens is 1. The van der Waals surface area contributed by atoms with Gasteiger partial charge in [-0.15, -0.1) is 0 Å². The van der Waals surface area contributed by atoms with Gasteiger partial charge in [-0.25, -0.2) is 4.98 Å². The highest BCUT2D eigenvalue weighted by Gasteiger charge is 1.96. The Bertz CT molecular complexity index is 418. The molecular weight excluding hydrogens is 202 g/mol. The van der Waals surface area contributed by atoms with Crippen molar-refractivity contribution < 1.29 is 9.90 Å². The van der Waals surface area contributed by atoms with E-state index < -0.39 is 5.97 Å². The SMILES string of the molecule is Cc1cc(Cl)ncc1C#CCC(=O)O. The van der Waals surface area contributed by atoms with E-state index in [1.165, 1.54) is 6.20 Å². The molecule has 0 spiro atoms. The van der Waals surface area contributed by atoms with Crippen LogP contribution in [0.4, 0.5) is 0 Å². The second-order valence-corrected chi connectivity index (χ2v) is 3.08. The van der Waals surface area contributed by atoms with Crippen LogP contribution in [0.15, 0.2) is 12.3 Å². The van der Waals surface area contributed by atoms with Crippen LogP contribution in [0.5, 0.6) is 0 Å². The Kier molecular flexibility index (Phi) is 3.49. The van der Waals surface area contributed by atoms with Gasteiger partial charge in [0.05, 0.1) is 0 Å². The van der Waals surface area contributed by atoms with E-state index in [1.807, 2.05) is 6.92 Å². The Labute approximate surface area is 86.7 Å². The first-order valence-electron chi connectivity index (χ1n) is 3.92. The van der Waals surface area contributed by atoms with Crippen LogP contribution in [0.25, 0.3) is 0 Å². The minimum Gasteiger partial charge on any atom is -0.481 e. The molecule has 0 atom stereocenters. The van der Waals surface area contributed by atoms with Crippen molar-refractivity contribution in [2.45, 2.75) is 13.3 Å². The highest BCUT2D eigenvalue weighted by molar-refractivity contribution is 6.29. The molecule has 72 valence electrons. The lowest BCUT2D eigenvalue weighted by molar-refractivity contribution is -0.135. The van der Waals surface area contributed by atoms with E-state index in [0.717, 1.165) is 5.56 Å². The average molecular weight is 210 g/mol. The highest BCUT2D eigenvalue weighted by atomic mass is 35.5. The van der Waals surface area contributed by atoms with Gasteiger partial charge in [-0.1, -0.05) is 23.4 Å². The maximum atomic E-state index is 10.2. The van der Waals surface area contributed by atoms with Crippen molar-refractivity contribution in [3.05, 3.63) is 28.5 Å². The molecule has 1 heterocycles. The Morgan fingerprint density at radius 1 is 1.71 bits per heavy atom. The van der Waals surface area contributed by atoms with Gasteiger partial charge in [-0.2, -0.15) is 0 Å². The zero-order valence-electron chi connectivity index (χ0n) is 7.54. The summed E-state index contributed by atoms with van der Waals surface area (Å²) >= 11 is 5.65. The second-order valence-electron chi connectivity index (χ2n) is 2.69. The Balaban J connectivity index is 2.85. The van der Waals surface area contributed by atoms with Crippen molar-refractivity contribution in [3.63, 3.8) is 0 Å². The number of carbonyl (C=O) groups is 1. The molecule has 0 aliphatic rings. The van der Waals surface area contributed by atoms with Gasteiger partial charge in [0.2, 0.25) is 0 Å². The van der Waals surface area contributed by atoms with Gasteiger partial charge in [0.1, 0.15) is 11.6 Å². The normalized spacial score (nSPS) is 9.00. The summed E-state index contributed by atoms with van der Waals surface area (Å²) in [5.41, 5.74) is 1.60. The number of hydrogen-bond donors (Lipinski definition) is 1. The summed E-state index contributed by atoms with van der Waals surface area (Å²) in [4.78, 5) is 14.0. The van der Waals surface area contributed by atoms with Crippen molar-refractivity contribution >= 4 is 17.6 Å². The number of rotatable bonds is 1. The molecule has 0 fully saturated rings. The van der Waals surface area contributed by atoms with E-state index in [-0.39, 0.29) is 6.42 Å². The first kappa shape index (κ1) is 10.6. The molecule has 0 saturated heterocycles. The zero-order chi connectivity index (χ0) is 10.6. The van der Waals surface area contributed by atoms with E-state index in [1.54, 1.807) is 6.07 Å². The predicted molar refractivity (Wildman–Crippen MR) is 53.1 cm³/mol. The van der Waals surface area contributed by atoms with Crippen LogP contribution < -0.4 is 0 Å². The van der Waals surface area contributed by atoms with E-state index in [0.29, 0.717) is 10.7 Å². The van der Waals surface area contributed by atoms with Crippen molar-refractivity contribution in [3.8, 4) is 11.8 Å². The van der Waals surface area contributed by atoms with E-state index in [9.17, 15) is 4.79 Å². The smallest absolute Gasteiger partial charge is 0.315 e. The molecule has 1 aromatic rings. The number of hydrogen-bond acceptors (Lipinski definition) is 2. The quantitative estimate of drug-likeness (QED) is 0.568. The second kappa shape index (κ2) is 4.64. The minimum absolute atomic E-state index is 0.165. The van der Waals surface area contributed by atoms with Crippen molar-refractivity contribution in [2.24, 2.45) is 0 Å². The Morgan fingerprint density at radius 3 is 3.00 bits per heavy atom. The molecule has 0 amide bonds. The lowest BCUT2D eigenvalue weighted by Crippen LogP contribution is -1.91. The fraction of sp³-hybridized carbons (Fsp3) is 0.200. The third-order valence-corrected chi connectivity index (χ3v) is 1.75. The average Bonchev–Trinajstić information content (AvgIpc) is 2.08. The third-order valence-electron chi connectivity index (χ3n) is 1.54. The number of carboxylic acid groups (broad SMARTS) is 1. The molecule has 0 saturated carbocycles. The molecule has 0 bridgehead atoms. The summed E-state index contributed by atoms with van der Waals surface area (Å²) in [5, 5.41) is 8.77.